The lowest BCUT2D eigenvalue weighted by Gasteiger charge is -2.08. The molecule has 0 aromatic carbocycles. The largest absolute Gasteiger partial charge is 0.396 e. The van der Waals surface area contributed by atoms with Gasteiger partial charge < -0.3 is 9.84 Å². The highest BCUT2D eigenvalue weighted by Gasteiger charge is 2.19. The standard InChI is InChI=1S/C12H21N3O4S/c16-6-1-5-15-9-12(8-13-15)20(17,18)14-4-2-11-3-7-19-10-11/h8-9,11,14,16H,1-7,10H2. The van der Waals surface area contributed by atoms with Crippen LogP contribution in [0.5, 0.6) is 0 Å². The van der Waals surface area contributed by atoms with Gasteiger partial charge in [0.05, 0.1) is 6.20 Å². The second kappa shape index (κ2) is 7.16. The molecule has 1 fully saturated rings. The van der Waals surface area contributed by atoms with Gasteiger partial charge in [-0.2, -0.15) is 5.10 Å². The molecule has 0 aliphatic carbocycles. The van der Waals surface area contributed by atoms with Crippen molar-refractivity contribution in [1.82, 2.24) is 14.5 Å². The number of aromatic nitrogens is 2. The summed E-state index contributed by atoms with van der Waals surface area (Å²) in [4.78, 5) is 0.165. The summed E-state index contributed by atoms with van der Waals surface area (Å²) < 4.78 is 33.5. The van der Waals surface area contributed by atoms with Gasteiger partial charge in [-0.3, -0.25) is 4.68 Å². The molecule has 1 aliphatic heterocycles. The number of nitrogens with one attached hydrogen (secondary N) is 1. The molecule has 1 saturated heterocycles. The minimum atomic E-state index is -3.49. The Morgan fingerprint density at radius 1 is 1.55 bits per heavy atom. The van der Waals surface area contributed by atoms with Crippen molar-refractivity contribution in [3.63, 3.8) is 0 Å². The molecule has 0 bridgehead atoms. The van der Waals surface area contributed by atoms with Crippen LogP contribution in [-0.2, 0) is 21.3 Å². The maximum Gasteiger partial charge on any atom is 0.243 e. The van der Waals surface area contributed by atoms with Crippen LogP contribution in [0.15, 0.2) is 17.3 Å². The van der Waals surface area contributed by atoms with E-state index in [-0.39, 0.29) is 11.5 Å². The molecule has 8 heteroatoms. The summed E-state index contributed by atoms with van der Waals surface area (Å²) in [5.74, 6) is 0.449. The van der Waals surface area contributed by atoms with Gasteiger partial charge >= 0.3 is 0 Å². The normalized spacial score (nSPS) is 19.6. The van der Waals surface area contributed by atoms with E-state index < -0.39 is 10.0 Å². The summed E-state index contributed by atoms with van der Waals surface area (Å²) >= 11 is 0. The number of aliphatic hydroxyl groups is 1. The van der Waals surface area contributed by atoms with Crippen LogP contribution in [0, 0.1) is 5.92 Å². The van der Waals surface area contributed by atoms with E-state index in [9.17, 15) is 8.42 Å². The summed E-state index contributed by atoms with van der Waals surface area (Å²) in [5.41, 5.74) is 0. The van der Waals surface area contributed by atoms with Gasteiger partial charge in [0.25, 0.3) is 0 Å². The molecule has 0 spiro atoms. The number of hydrogen-bond acceptors (Lipinski definition) is 5. The second-order valence-corrected chi connectivity index (χ2v) is 6.70. The van der Waals surface area contributed by atoms with E-state index in [0.717, 1.165) is 26.1 Å². The zero-order valence-corrected chi connectivity index (χ0v) is 12.2. The Hall–Kier alpha value is -0.960. The Morgan fingerprint density at radius 3 is 3.10 bits per heavy atom. The maximum atomic E-state index is 12.0. The Morgan fingerprint density at radius 2 is 2.40 bits per heavy atom. The van der Waals surface area contributed by atoms with Crippen LogP contribution >= 0.6 is 0 Å². The Labute approximate surface area is 119 Å². The van der Waals surface area contributed by atoms with Gasteiger partial charge in [0.15, 0.2) is 0 Å². The topological polar surface area (TPSA) is 93.5 Å². The zero-order chi connectivity index (χ0) is 14.4. The maximum absolute atomic E-state index is 12.0. The summed E-state index contributed by atoms with van der Waals surface area (Å²) in [7, 11) is -3.49. The van der Waals surface area contributed by atoms with Crippen LogP contribution < -0.4 is 4.72 Å². The van der Waals surface area contributed by atoms with Crippen molar-refractivity contribution in [3.8, 4) is 0 Å². The highest BCUT2D eigenvalue weighted by atomic mass is 32.2. The van der Waals surface area contributed by atoms with Crippen LogP contribution in [0.4, 0.5) is 0 Å². The van der Waals surface area contributed by atoms with Gasteiger partial charge in [-0.1, -0.05) is 0 Å². The lowest BCUT2D eigenvalue weighted by molar-refractivity contribution is 0.184. The van der Waals surface area contributed by atoms with E-state index in [1.165, 1.54) is 17.1 Å². The van der Waals surface area contributed by atoms with Crippen LogP contribution in [-0.4, -0.2) is 49.7 Å². The number of ether oxygens (including phenoxy) is 1. The van der Waals surface area contributed by atoms with Crippen molar-refractivity contribution in [2.75, 3.05) is 26.4 Å². The third-order valence-corrected chi connectivity index (χ3v) is 4.75. The number of rotatable bonds is 8. The molecule has 1 unspecified atom stereocenters. The molecular weight excluding hydrogens is 282 g/mol. The monoisotopic (exact) mass is 303 g/mol. The van der Waals surface area contributed by atoms with Crippen molar-refractivity contribution in [1.29, 1.82) is 0 Å². The predicted octanol–water partition coefficient (Wildman–Crippen LogP) is -0.0296. The highest BCUT2D eigenvalue weighted by molar-refractivity contribution is 7.89. The van der Waals surface area contributed by atoms with Crippen LogP contribution in [0.1, 0.15) is 19.3 Å². The molecule has 7 nitrogen and oxygen atoms in total. The third-order valence-electron chi connectivity index (χ3n) is 3.33. The van der Waals surface area contributed by atoms with Crippen LogP contribution in [0.25, 0.3) is 0 Å². The number of hydrogen-bond donors (Lipinski definition) is 2. The molecule has 0 saturated carbocycles. The van der Waals surface area contributed by atoms with E-state index in [0.29, 0.717) is 25.4 Å². The molecule has 2 rings (SSSR count). The van der Waals surface area contributed by atoms with Crippen molar-refractivity contribution in [2.45, 2.75) is 30.7 Å². The van der Waals surface area contributed by atoms with E-state index >= 15 is 0 Å². The second-order valence-electron chi connectivity index (χ2n) is 4.93. The number of aliphatic hydroxyl groups excluding tert-OH is 1. The minimum Gasteiger partial charge on any atom is -0.396 e. The van der Waals surface area contributed by atoms with Gasteiger partial charge in [0, 0.05) is 39.1 Å². The van der Waals surface area contributed by atoms with E-state index in [4.69, 9.17) is 9.84 Å². The fraction of sp³-hybridized carbons (Fsp3) is 0.750. The quantitative estimate of drug-likeness (QED) is 0.703. The Bertz CT molecular complexity index is 509. The number of aryl methyl sites for hydroxylation is 1. The summed E-state index contributed by atoms with van der Waals surface area (Å²) in [5, 5.41) is 12.7. The first-order chi connectivity index (χ1) is 9.62. The molecule has 20 heavy (non-hydrogen) atoms. The molecule has 2 N–H and O–H groups in total. The first-order valence-corrected chi connectivity index (χ1v) is 8.31. The summed E-state index contributed by atoms with van der Waals surface area (Å²) in [6, 6.07) is 0. The van der Waals surface area contributed by atoms with E-state index in [1.807, 2.05) is 0 Å². The number of nitrogens with zero attached hydrogens (tertiary/aromatic N) is 2. The highest BCUT2D eigenvalue weighted by Crippen LogP contribution is 2.16. The van der Waals surface area contributed by atoms with Crippen molar-refractivity contribution in [2.24, 2.45) is 5.92 Å². The molecule has 1 aromatic heterocycles. The average Bonchev–Trinajstić information content (AvgIpc) is 3.07. The van der Waals surface area contributed by atoms with Crippen molar-refractivity contribution < 1.29 is 18.3 Å². The first kappa shape index (κ1) is 15.4. The van der Waals surface area contributed by atoms with Crippen molar-refractivity contribution >= 4 is 10.0 Å². The molecule has 0 amide bonds. The predicted molar refractivity (Wildman–Crippen MR) is 72.7 cm³/mol. The van der Waals surface area contributed by atoms with Gasteiger partial charge in [-0.15, -0.1) is 0 Å². The summed E-state index contributed by atoms with van der Waals surface area (Å²) in [6.07, 6.45) is 5.16. The Kier molecular flexibility index (Phi) is 5.53. The molecule has 2 heterocycles. The Balaban J connectivity index is 1.83. The van der Waals surface area contributed by atoms with Crippen molar-refractivity contribution in [3.05, 3.63) is 12.4 Å². The van der Waals surface area contributed by atoms with Gasteiger partial charge in [-0.25, -0.2) is 13.1 Å². The lowest BCUT2D eigenvalue weighted by atomic mass is 10.1. The lowest BCUT2D eigenvalue weighted by Crippen LogP contribution is -2.26. The molecule has 1 atom stereocenters. The zero-order valence-electron chi connectivity index (χ0n) is 11.4. The third kappa shape index (κ3) is 4.27. The minimum absolute atomic E-state index is 0.0592. The first-order valence-electron chi connectivity index (χ1n) is 6.82. The average molecular weight is 303 g/mol. The number of sulfonamides is 1. The smallest absolute Gasteiger partial charge is 0.243 e. The van der Waals surface area contributed by atoms with Gasteiger partial charge in [0.1, 0.15) is 4.90 Å². The van der Waals surface area contributed by atoms with E-state index in [2.05, 4.69) is 9.82 Å². The van der Waals surface area contributed by atoms with Gasteiger partial charge in [0.2, 0.25) is 10.0 Å². The van der Waals surface area contributed by atoms with Crippen LogP contribution in [0.3, 0.4) is 0 Å². The molecule has 114 valence electrons. The fourth-order valence-corrected chi connectivity index (χ4v) is 3.13. The molecule has 1 aliphatic rings. The molecular formula is C12H21N3O4S. The SMILES string of the molecule is O=S(=O)(NCCC1CCOC1)c1cnn(CCCO)c1. The summed E-state index contributed by atoms with van der Waals surface area (Å²) in [6.45, 7) is 2.48. The fourth-order valence-electron chi connectivity index (χ4n) is 2.13. The molecule has 1 aromatic rings. The van der Waals surface area contributed by atoms with Gasteiger partial charge in [-0.05, 0) is 25.2 Å². The van der Waals surface area contributed by atoms with Crippen LogP contribution in [0.2, 0.25) is 0 Å². The van der Waals surface area contributed by atoms with E-state index in [1.54, 1.807) is 0 Å². The molecule has 0 radical (unpaired) electrons.